The highest BCUT2D eigenvalue weighted by Crippen LogP contribution is 2.31. The molecule has 0 radical (unpaired) electrons. The van der Waals surface area contributed by atoms with Crippen molar-refractivity contribution in [2.45, 2.75) is 12.6 Å². The molecule has 1 atom stereocenters. The lowest BCUT2D eigenvalue weighted by molar-refractivity contribution is 0.234. The molecule has 1 unspecified atom stereocenters. The van der Waals surface area contributed by atoms with Gasteiger partial charge in [0.1, 0.15) is 24.2 Å². The maximum atomic E-state index is 12.0. The number of anilines is 1. The van der Waals surface area contributed by atoms with Gasteiger partial charge < -0.3 is 24.7 Å². The highest BCUT2D eigenvalue weighted by molar-refractivity contribution is 5.50. The van der Waals surface area contributed by atoms with Gasteiger partial charge in [0.05, 0.1) is 12.8 Å². The predicted molar refractivity (Wildman–Crippen MR) is 95.3 cm³/mol. The van der Waals surface area contributed by atoms with Crippen LogP contribution in [0.4, 0.5) is 5.69 Å². The number of hydrogen-bond donors (Lipinski definition) is 3. The Bertz CT molecular complexity index is 923. The van der Waals surface area contributed by atoms with Crippen LogP contribution < -0.4 is 15.5 Å². The number of aromatic hydroxyl groups is 1. The fourth-order valence-electron chi connectivity index (χ4n) is 2.50. The minimum absolute atomic E-state index is 0.0175. The normalized spacial score (nSPS) is 11.8. The minimum Gasteiger partial charge on any atom is -0.502 e. The average Bonchev–Trinajstić information content (AvgIpc) is 2.69. The number of pyridine rings is 1. The third kappa shape index (κ3) is 3.68. The number of aromatic nitrogens is 1. The van der Waals surface area contributed by atoms with Gasteiger partial charge in [-0.2, -0.15) is 0 Å². The van der Waals surface area contributed by atoms with Crippen LogP contribution in [-0.2, 0) is 6.61 Å². The first-order valence-electron chi connectivity index (χ1n) is 7.90. The van der Waals surface area contributed by atoms with Crippen LogP contribution in [0.3, 0.4) is 0 Å². The summed E-state index contributed by atoms with van der Waals surface area (Å²) in [4.78, 5) is 16.3. The first-order valence-corrected chi connectivity index (χ1v) is 7.90. The third-order valence-electron chi connectivity index (χ3n) is 3.80. The maximum absolute atomic E-state index is 12.0. The molecule has 7 heteroatoms. The summed E-state index contributed by atoms with van der Waals surface area (Å²) in [5.74, 6) is 0.205. The highest BCUT2D eigenvalue weighted by atomic mass is 16.5. The second kappa shape index (κ2) is 7.71. The van der Waals surface area contributed by atoms with Gasteiger partial charge >= 0.3 is 0 Å². The van der Waals surface area contributed by atoms with E-state index in [9.17, 15) is 15.0 Å². The van der Waals surface area contributed by atoms with Crippen LogP contribution in [0.25, 0.3) is 0 Å². The Hall–Kier alpha value is -3.32. The van der Waals surface area contributed by atoms with Crippen molar-refractivity contribution in [3.8, 4) is 11.5 Å². The summed E-state index contributed by atoms with van der Waals surface area (Å²) >= 11 is 0. The summed E-state index contributed by atoms with van der Waals surface area (Å²) in [6.45, 7) is -0.458. The molecule has 2 heterocycles. The number of rotatable bonds is 6. The molecule has 26 heavy (non-hydrogen) atoms. The maximum Gasteiger partial charge on any atom is 0.227 e. The fraction of sp³-hybridized carbons (Fsp3) is 0.158. The summed E-state index contributed by atoms with van der Waals surface area (Å²) in [7, 11) is 1.58. The lowest BCUT2D eigenvalue weighted by Gasteiger charge is -2.20. The monoisotopic (exact) mass is 354 g/mol. The van der Waals surface area contributed by atoms with E-state index < -0.39 is 23.8 Å². The molecule has 7 nitrogen and oxygen atoms in total. The minimum atomic E-state index is -0.733. The summed E-state index contributed by atoms with van der Waals surface area (Å²) in [5, 5.41) is 22.7. The second-order valence-corrected chi connectivity index (χ2v) is 5.51. The largest absolute Gasteiger partial charge is 0.502 e. The Morgan fingerprint density at radius 1 is 1.23 bits per heavy atom. The molecule has 0 aliphatic rings. The van der Waals surface area contributed by atoms with Crippen molar-refractivity contribution in [1.29, 1.82) is 0 Å². The average molecular weight is 354 g/mol. The van der Waals surface area contributed by atoms with Crippen molar-refractivity contribution >= 4 is 5.69 Å². The second-order valence-electron chi connectivity index (χ2n) is 5.51. The smallest absolute Gasteiger partial charge is 0.227 e. The van der Waals surface area contributed by atoms with E-state index in [-0.39, 0.29) is 11.5 Å². The van der Waals surface area contributed by atoms with Crippen molar-refractivity contribution in [3.63, 3.8) is 0 Å². The van der Waals surface area contributed by atoms with Crippen molar-refractivity contribution < 1.29 is 19.4 Å². The zero-order valence-corrected chi connectivity index (χ0v) is 14.0. The van der Waals surface area contributed by atoms with Crippen LogP contribution in [-0.4, -0.2) is 22.3 Å². The molecule has 2 aromatic heterocycles. The van der Waals surface area contributed by atoms with E-state index in [2.05, 4.69) is 10.3 Å². The molecule has 1 aromatic carbocycles. The summed E-state index contributed by atoms with van der Waals surface area (Å²) in [6.07, 6.45) is 1.60. The molecule has 0 aliphatic carbocycles. The van der Waals surface area contributed by atoms with Crippen LogP contribution >= 0.6 is 0 Å². The molecule has 3 N–H and O–H groups in total. The van der Waals surface area contributed by atoms with Gasteiger partial charge in [-0.05, 0) is 36.4 Å². The van der Waals surface area contributed by atoms with Crippen LogP contribution in [0, 0.1) is 0 Å². The van der Waals surface area contributed by atoms with E-state index in [0.29, 0.717) is 17.1 Å². The molecule has 0 aliphatic heterocycles. The van der Waals surface area contributed by atoms with Crippen molar-refractivity contribution in [1.82, 2.24) is 4.98 Å². The first-order chi connectivity index (χ1) is 12.6. The van der Waals surface area contributed by atoms with E-state index >= 15 is 0 Å². The third-order valence-corrected chi connectivity index (χ3v) is 3.80. The molecule has 134 valence electrons. The predicted octanol–water partition coefficient (Wildman–Crippen LogP) is 2.44. The van der Waals surface area contributed by atoms with Gasteiger partial charge in [-0.3, -0.25) is 9.78 Å². The number of aliphatic hydroxyl groups excluding tert-OH is 1. The van der Waals surface area contributed by atoms with E-state index in [1.54, 1.807) is 55.8 Å². The first kappa shape index (κ1) is 17.5. The van der Waals surface area contributed by atoms with Gasteiger partial charge in [0, 0.05) is 18.0 Å². The highest BCUT2D eigenvalue weighted by Gasteiger charge is 2.24. The Labute approximate surface area is 149 Å². The van der Waals surface area contributed by atoms with Gasteiger partial charge in [-0.15, -0.1) is 0 Å². The van der Waals surface area contributed by atoms with Crippen molar-refractivity contribution in [2.75, 3.05) is 12.4 Å². The Balaban J connectivity index is 2.07. The molecular formula is C19H18N2O5. The Morgan fingerprint density at radius 3 is 2.62 bits per heavy atom. The van der Waals surface area contributed by atoms with Gasteiger partial charge in [0.15, 0.2) is 5.76 Å². The number of aliphatic hydroxyl groups is 1. The van der Waals surface area contributed by atoms with Crippen LogP contribution in [0.5, 0.6) is 11.5 Å². The van der Waals surface area contributed by atoms with Gasteiger partial charge in [0.2, 0.25) is 11.2 Å². The van der Waals surface area contributed by atoms with Crippen LogP contribution in [0.1, 0.15) is 23.3 Å². The zero-order valence-electron chi connectivity index (χ0n) is 14.0. The molecule has 0 saturated heterocycles. The molecular weight excluding hydrogens is 336 g/mol. The van der Waals surface area contributed by atoms with E-state index in [0.717, 1.165) is 6.07 Å². The number of nitrogens with one attached hydrogen (secondary N) is 1. The molecule has 0 bridgehead atoms. The lowest BCUT2D eigenvalue weighted by Crippen LogP contribution is -2.17. The molecule has 0 spiro atoms. The Morgan fingerprint density at radius 2 is 2.00 bits per heavy atom. The number of nitrogens with zero attached hydrogens (tertiary/aromatic N) is 1. The molecule has 3 aromatic rings. The number of ether oxygens (including phenoxy) is 1. The quantitative estimate of drug-likeness (QED) is 0.624. The summed E-state index contributed by atoms with van der Waals surface area (Å²) < 4.78 is 10.7. The lowest BCUT2D eigenvalue weighted by atomic mass is 10.1. The van der Waals surface area contributed by atoms with Crippen molar-refractivity contribution in [3.05, 3.63) is 82.2 Å². The van der Waals surface area contributed by atoms with E-state index in [1.807, 2.05) is 0 Å². The topological polar surface area (TPSA) is 105 Å². The summed E-state index contributed by atoms with van der Waals surface area (Å²) in [5.41, 5.74) is 0.613. The number of hydrogen-bond acceptors (Lipinski definition) is 7. The molecule has 0 fully saturated rings. The van der Waals surface area contributed by atoms with Gasteiger partial charge in [-0.1, -0.05) is 6.07 Å². The van der Waals surface area contributed by atoms with Crippen LogP contribution in [0.2, 0.25) is 0 Å². The fourth-order valence-corrected chi connectivity index (χ4v) is 2.50. The van der Waals surface area contributed by atoms with Crippen molar-refractivity contribution in [2.24, 2.45) is 0 Å². The van der Waals surface area contributed by atoms with E-state index in [1.165, 1.54) is 0 Å². The molecule has 0 amide bonds. The standard InChI is InChI=1S/C19H18N2O5/c1-25-13-7-5-12(6-8-13)21-17(15-4-2-3-9-20-15)19-18(24)16(23)10-14(11-22)26-19/h2-10,17,21-22,24H,11H2,1H3. The Kier molecular flexibility index (Phi) is 5.19. The van der Waals surface area contributed by atoms with Crippen LogP contribution in [0.15, 0.2) is 63.9 Å². The van der Waals surface area contributed by atoms with Gasteiger partial charge in [-0.25, -0.2) is 0 Å². The number of benzene rings is 1. The molecule has 3 rings (SSSR count). The number of methoxy groups -OCH3 is 1. The SMILES string of the molecule is COc1ccc(NC(c2ccccn2)c2oc(CO)cc(=O)c2O)cc1. The molecule has 0 saturated carbocycles. The van der Waals surface area contributed by atoms with E-state index in [4.69, 9.17) is 9.15 Å². The van der Waals surface area contributed by atoms with Gasteiger partial charge in [0.25, 0.3) is 0 Å². The zero-order chi connectivity index (χ0) is 18.5. The summed E-state index contributed by atoms with van der Waals surface area (Å²) in [6, 6.07) is 12.7.